The van der Waals surface area contributed by atoms with Gasteiger partial charge in [0.2, 0.25) is 0 Å². The average Bonchev–Trinajstić information content (AvgIpc) is 2.63. The zero-order chi connectivity index (χ0) is 19.0. The van der Waals surface area contributed by atoms with Gasteiger partial charge in [-0.2, -0.15) is 0 Å². The molecule has 0 radical (unpaired) electrons. The number of carbonyl (C=O) groups is 2. The van der Waals surface area contributed by atoms with Crippen molar-refractivity contribution in [3.05, 3.63) is 42.0 Å². The van der Waals surface area contributed by atoms with Gasteiger partial charge >= 0.3 is 5.97 Å². The molecule has 1 atom stereocenters. The molecule has 0 aromatic heterocycles. The van der Waals surface area contributed by atoms with Crippen LogP contribution in [0.3, 0.4) is 0 Å². The van der Waals surface area contributed by atoms with Gasteiger partial charge in [-0.05, 0) is 42.4 Å². The number of ether oxygens (including phenoxy) is 2. The molecule has 0 unspecified atom stereocenters. The number of rotatable bonds is 7. The highest BCUT2D eigenvalue weighted by Gasteiger charge is 2.20. The lowest BCUT2D eigenvalue weighted by molar-refractivity contribution is -0.152. The number of hydrogen-bond acceptors (Lipinski definition) is 4. The summed E-state index contributed by atoms with van der Waals surface area (Å²) < 4.78 is 10.7. The molecular formula is C21H29NO4. The normalized spacial score (nSPS) is 16.8. The molecular weight excluding hydrogens is 330 g/mol. The number of hydrogen-bond donors (Lipinski definition) is 1. The molecule has 0 saturated carbocycles. The van der Waals surface area contributed by atoms with Crippen LogP contribution >= 0.6 is 0 Å². The lowest BCUT2D eigenvalue weighted by Crippen LogP contribution is -2.33. The number of nitrogens with one attached hydrogen (secondary N) is 1. The first kappa shape index (κ1) is 20.0. The van der Waals surface area contributed by atoms with Crippen molar-refractivity contribution >= 4 is 11.9 Å². The van der Waals surface area contributed by atoms with E-state index in [-0.39, 0.29) is 29.8 Å². The van der Waals surface area contributed by atoms with Gasteiger partial charge in [0.25, 0.3) is 5.91 Å². The molecule has 1 aliphatic carbocycles. The van der Waals surface area contributed by atoms with Crippen LogP contribution in [-0.2, 0) is 19.7 Å². The van der Waals surface area contributed by atoms with Crippen LogP contribution in [0.15, 0.2) is 36.4 Å². The van der Waals surface area contributed by atoms with Gasteiger partial charge in [0.15, 0.2) is 6.61 Å². The summed E-state index contributed by atoms with van der Waals surface area (Å²) in [6.07, 6.45) is 6.43. The Labute approximate surface area is 155 Å². The number of esters is 1. The molecule has 1 aromatic carbocycles. The van der Waals surface area contributed by atoms with E-state index in [1.165, 1.54) is 5.56 Å². The standard InChI is InChI=1S/C21H29NO4/c1-21(2,3)17-9-11-18(12-10-17)25-14-13-22-19(23)15-26-20(24)16-7-5-4-6-8-16/h4-5,9-12,16H,6-8,13-15H2,1-3H3,(H,22,23)/t16-/m1/s1. The van der Waals surface area contributed by atoms with Crippen LogP contribution in [0.25, 0.3) is 0 Å². The van der Waals surface area contributed by atoms with Gasteiger partial charge in [0, 0.05) is 0 Å². The minimum absolute atomic E-state index is 0.109. The van der Waals surface area contributed by atoms with Gasteiger partial charge in [-0.1, -0.05) is 45.1 Å². The minimum atomic E-state index is -0.309. The Morgan fingerprint density at radius 3 is 2.50 bits per heavy atom. The van der Waals surface area contributed by atoms with Crippen LogP contribution in [0, 0.1) is 5.92 Å². The molecule has 1 N–H and O–H groups in total. The van der Waals surface area contributed by atoms with Crippen LogP contribution in [0.2, 0.25) is 0 Å². The summed E-state index contributed by atoms with van der Waals surface area (Å²) in [5, 5.41) is 2.69. The van der Waals surface area contributed by atoms with Crippen LogP contribution in [0.4, 0.5) is 0 Å². The van der Waals surface area contributed by atoms with Crippen molar-refractivity contribution in [2.24, 2.45) is 5.92 Å². The van der Waals surface area contributed by atoms with Crippen molar-refractivity contribution in [1.29, 1.82) is 0 Å². The SMILES string of the molecule is CC(C)(C)c1ccc(OCCNC(=O)COC(=O)[C@@H]2CC=CCC2)cc1. The zero-order valence-corrected chi connectivity index (χ0v) is 15.9. The summed E-state index contributed by atoms with van der Waals surface area (Å²) in [7, 11) is 0. The van der Waals surface area contributed by atoms with E-state index < -0.39 is 0 Å². The smallest absolute Gasteiger partial charge is 0.309 e. The topological polar surface area (TPSA) is 64.6 Å². The Kier molecular flexibility index (Phi) is 7.25. The minimum Gasteiger partial charge on any atom is -0.492 e. The number of amides is 1. The zero-order valence-electron chi connectivity index (χ0n) is 15.9. The summed E-state index contributed by atoms with van der Waals surface area (Å²) >= 11 is 0. The molecule has 0 aliphatic heterocycles. The van der Waals surface area contributed by atoms with Gasteiger partial charge in [0.05, 0.1) is 12.5 Å². The molecule has 0 heterocycles. The molecule has 1 aliphatic rings. The maximum absolute atomic E-state index is 11.9. The fraction of sp³-hybridized carbons (Fsp3) is 0.524. The highest BCUT2D eigenvalue weighted by atomic mass is 16.5. The molecule has 2 rings (SSSR count). The summed E-state index contributed by atoms with van der Waals surface area (Å²) in [5.41, 5.74) is 1.35. The van der Waals surface area contributed by atoms with Gasteiger partial charge in [0.1, 0.15) is 12.4 Å². The third-order valence-electron chi connectivity index (χ3n) is 4.36. The van der Waals surface area contributed by atoms with Crippen molar-refractivity contribution in [3.8, 4) is 5.75 Å². The molecule has 5 nitrogen and oxygen atoms in total. The van der Waals surface area contributed by atoms with E-state index in [9.17, 15) is 9.59 Å². The lowest BCUT2D eigenvalue weighted by Gasteiger charge is -2.19. The number of allylic oxidation sites excluding steroid dienone is 2. The third-order valence-corrected chi connectivity index (χ3v) is 4.36. The van der Waals surface area contributed by atoms with Gasteiger partial charge < -0.3 is 14.8 Å². The number of benzene rings is 1. The van der Waals surface area contributed by atoms with E-state index in [1.807, 2.05) is 30.3 Å². The second kappa shape index (κ2) is 9.41. The molecule has 1 amide bonds. The highest BCUT2D eigenvalue weighted by molar-refractivity contribution is 5.81. The lowest BCUT2D eigenvalue weighted by atomic mass is 9.87. The van der Waals surface area contributed by atoms with Gasteiger partial charge in [-0.15, -0.1) is 0 Å². The van der Waals surface area contributed by atoms with Crippen molar-refractivity contribution in [3.63, 3.8) is 0 Å². The van der Waals surface area contributed by atoms with Crippen LogP contribution in [0.1, 0.15) is 45.6 Å². The summed E-state index contributed by atoms with van der Waals surface area (Å²) in [4.78, 5) is 23.6. The molecule has 0 bridgehead atoms. The van der Waals surface area contributed by atoms with E-state index in [2.05, 4.69) is 32.2 Å². The van der Waals surface area contributed by atoms with Gasteiger partial charge in [-0.3, -0.25) is 9.59 Å². The van der Waals surface area contributed by atoms with Crippen molar-refractivity contribution < 1.29 is 19.1 Å². The summed E-state index contributed by atoms with van der Waals surface area (Å²) in [6, 6.07) is 7.97. The Balaban J connectivity index is 1.61. The first-order chi connectivity index (χ1) is 12.4. The molecule has 1 aromatic rings. The molecule has 0 saturated heterocycles. The van der Waals surface area contributed by atoms with E-state index >= 15 is 0 Å². The van der Waals surface area contributed by atoms with Crippen LogP contribution < -0.4 is 10.1 Å². The second-order valence-corrected chi connectivity index (χ2v) is 7.56. The fourth-order valence-electron chi connectivity index (χ4n) is 2.72. The Bertz CT molecular complexity index is 628. The Morgan fingerprint density at radius 2 is 1.88 bits per heavy atom. The fourth-order valence-corrected chi connectivity index (χ4v) is 2.72. The maximum atomic E-state index is 11.9. The number of carbonyl (C=O) groups excluding carboxylic acids is 2. The van der Waals surface area contributed by atoms with Gasteiger partial charge in [-0.25, -0.2) is 0 Å². The van der Waals surface area contributed by atoms with Crippen LogP contribution in [0.5, 0.6) is 5.75 Å². The maximum Gasteiger partial charge on any atom is 0.309 e. The molecule has 0 spiro atoms. The van der Waals surface area contributed by atoms with Crippen molar-refractivity contribution in [2.75, 3.05) is 19.8 Å². The summed E-state index contributed by atoms with van der Waals surface area (Å²) in [5.74, 6) is 0.0484. The molecule has 26 heavy (non-hydrogen) atoms. The van der Waals surface area contributed by atoms with Crippen molar-refractivity contribution in [1.82, 2.24) is 5.32 Å². The third kappa shape index (κ3) is 6.54. The first-order valence-corrected chi connectivity index (χ1v) is 9.18. The van der Waals surface area contributed by atoms with E-state index in [0.717, 1.165) is 18.6 Å². The van der Waals surface area contributed by atoms with E-state index in [4.69, 9.17) is 9.47 Å². The monoisotopic (exact) mass is 359 g/mol. The quantitative estimate of drug-likeness (QED) is 0.460. The molecule has 0 fully saturated rings. The Hall–Kier alpha value is -2.30. The first-order valence-electron chi connectivity index (χ1n) is 9.18. The van der Waals surface area contributed by atoms with Crippen molar-refractivity contribution in [2.45, 2.75) is 45.4 Å². The summed E-state index contributed by atoms with van der Waals surface area (Å²) in [6.45, 7) is 6.98. The molecule has 5 heteroatoms. The van der Waals surface area contributed by atoms with E-state index in [1.54, 1.807) is 0 Å². The average molecular weight is 359 g/mol. The Morgan fingerprint density at radius 1 is 1.15 bits per heavy atom. The molecule has 142 valence electrons. The second-order valence-electron chi connectivity index (χ2n) is 7.56. The van der Waals surface area contributed by atoms with Crippen LogP contribution in [-0.4, -0.2) is 31.6 Å². The predicted octanol–water partition coefficient (Wildman–Crippen LogP) is 3.38. The highest BCUT2D eigenvalue weighted by Crippen LogP contribution is 2.24. The largest absolute Gasteiger partial charge is 0.492 e. The van der Waals surface area contributed by atoms with E-state index in [0.29, 0.717) is 19.6 Å². The predicted molar refractivity (Wildman–Crippen MR) is 101 cm³/mol.